The molecule has 1 aliphatic heterocycles. The van der Waals surface area contributed by atoms with E-state index in [1.54, 1.807) is 16.8 Å². The molecule has 0 fully saturated rings. The van der Waals surface area contributed by atoms with Gasteiger partial charge in [0.05, 0.1) is 17.0 Å². The average Bonchev–Trinajstić information content (AvgIpc) is 2.45. The van der Waals surface area contributed by atoms with Crippen molar-refractivity contribution in [2.24, 2.45) is 10.1 Å². The van der Waals surface area contributed by atoms with Crippen molar-refractivity contribution in [1.82, 2.24) is 5.01 Å². The third kappa shape index (κ3) is 3.14. The molecule has 0 saturated carbocycles. The number of hydrazone groups is 1. The number of nitrogens with zero attached hydrogens (tertiary/aromatic N) is 3. The van der Waals surface area contributed by atoms with Gasteiger partial charge in [-0.3, -0.25) is 5.01 Å². The van der Waals surface area contributed by atoms with Gasteiger partial charge in [0, 0.05) is 13.3 Å². The standard InChI is InChI=1S/C12H17N3S/c1-5-15(13-4)12-9-7-8-11(16-6-2)10(3)14-12/h4-6,9H2,1-3H3. The van der Waals surface area contributed by atoms with Crippen molar-refractivity contribution in [3.05, 3.63) is 10.6 Å². The van der Waals surface area contributed by atoms with Crippen LogP contribution in [0.1, 0.15) is 27.2 Å². The van der Waals surface area contributed by atoms with Crippen molar-refractivity contribution in [2.45, 2.75) is 27.2 Å². The molecule has 0 saturated heterocycles. The minimum Gasteiger partial charge on any atom is -0.252 e. The Hall–Kier alpha value is -1.21. The summed E-state index contributed by atoms with van der Waals surface area (Å²) in [5, 5.41) is 5.72. The third-order valence-electron chi connectivity index (χ3n) is 2.13. The Labute approximate surface area is 102 Å². The predicted octanol–water partition coefficient (Wildman–Crippen LogP) is 2.71. The Bertz CT molecular complexity index is 385. The monoisotopic (exact) mass is 235 g/mol. The second kappa shape index (κ2) is 6.39. The maximum atomic E-state index is 4.56. The Balaban J connectivity index is 2.98. The summed E-state index contributed by atoms with van der Waals surface area (Å²) < 4.78 is 0. The fourth-order valence-corrected chi connectivity index (χ4v) is 2.06. The van der Waals surface area contributed by atoms with Gasteiger partial charge in [-0.2, -0.15) is 5.10 Å². The lowest BCUT2D eigenvalue weighted by Crippen LogP contribution is -2.24. The van der Waals surface area contributed by atoms with Gasteiger partial charge in [0.25, 0.3) is 0 Å². The summed E-state index contributed by atoms with van der Waals surface area (Å²) in [6.45, 7) is 10.5. The summed E-state index contributed by atoms with van der Waals surface area (Å²) in [6, 6.07) is 0. The minimum absolute atomic E-state index is 0.637. The number of hydrogen-bond acceptors (Lipinski definition) is 4. The maximum absolute atomic E-state index is 4.56. The molecule has 86 valence electrons. The molecule has 3 nitrogen and oxygen atoms in total. The van der Waals surface area contributed by atoms with E-state index < -0.39 is 0 Å². The molecular weight excluding hydrogens is 218 g/mol. The van der Waals surface area contributed by atoms with Crippen LogP contribution < -0.4 is 0 Å². The highest BCUT2D eigenvalue weighted by Crippen LogP contribution is 2.21. The fraction of sp³-hybridized carbons (Fsp3) is 0.500. The smallest absolute Gasteiger partial charge is 0.137 e. The molecule has 0 aromatic rings. The zero-order valence-electron chi connectivity index (χ0n) is 10.1. The van der Waals surface area contributed by atoms with Crippen LogP contribution in [0.2, 0.25) is 0 Å². The normalized spacial score (nSPS) is 14.8. The van der Waals surface area contributed by atoms with Crippen molar-refractivity contribution in [3.63, 3.8) is 0 Å². The number of aliphatic imine (C=N–C) groups is 1. The summed E-state index contributed by atoms with van der Waals surface area (Å²) in [5.41, 5.74) is 0.981. The summed E-state index contributed by atoms with van der Waals surface area (Å²) >= 11 is 1.74. The molecule has 0 spiro atoms. The first-order chi connectivity index (χ1) is 7.72. The summed E-state index contributed by atoms with van der Waals surface area (Å²) in [6.07, 6.45) is 0.637. The average molecular weight is 235 g/mol. The van der Waals surface area contributed by atoms with Crippen LogP contribution in [-0.2, 0) is 0 Å². The van der Waals surface area contributed by atoms with Crippen LogP contribution in [-0.4, -0.2) is 29.9 Å². The molecule has 0 atom stereocenters. The molecule has 1 aliphatic rings. The van der Waals surface area contributed by atoms with E-state index in [0.29, 0.717) is 6.42 Å². The lowest BCUT2D eigenvalue weighted by Gasteiger charge is -2.16. The Morgan fingerprint density at radius 2 is 2.31 bits per heavy atom. The summed E-state index contributed by atoms with van der Waals surface area (Å²) in [5.74, 6) is 8.18. The molecule has 4 heteroatoms. The molecule has 0 aromatic heterocycles. The van der Waals surface area contributed by atoms with Crippen LogP contribution in [0.4, 0.5) is 0 Å². The van der Waals surface area contributed by atoms with E-state index in [-0.39, 0.29) is 0 Å². The Morgan fingerprint density at radius 1 is 1.56 bits per heavy atom. The molecule has 0 aromatic carbocycles. The number of rotatable bonds is 4. The molecule has 1 rings (SSSR count). The van der Waals surface area contributed by atoms with Gasteiger partial charge in [-0.05, 0) is 19.6 Å². The van der Waals surface area contributed by atoms with E-state index >= 15 is 0 Å². The van der Waals surface area contributed by atoms with Gasteiger partial charge in [0.15, 0.2) is 0 Å². The molecule has 0 N–H and O–H groups in total. The number of hydrogen-bond donors (Lipinski definition) is 0. The van der Waals surface area contributed by atoms with Crippen LogP contribution in [0.5, 0.6) is 0 Å². The van der Waals surface area contributed by atoms with Gasteiger partial charge in [0.2, 0.25) is 0 Å². The molecule has 0 aliphatic carbocycles. The van der Waals surface area contributed by atoms with E-state index in [1.165, 1.54) is 0 Å². The second-order valence-corrected chi connectivity index (χ2v) is 4.49. The van der Waals surface area contributed by atoms with Gasteiger partial charge in [-0.25, -0.2) is 4.99 Å². The number of thioether (sulfide) groups is 1. The van der Waals surface area contributed by atoms with E-state index in [0.717, 1.165) is 28.7 Å². The van der Waals surface area contributed by atoms with Crippen molar-refractivity contribution in [2.75, 3.05) is 12.3 Å². The van der Waals surface area contributed by atoms with Gasteiger partial charge < -0.3 is 0 Å². The highest BCUT2D eigenvalue weighted by molar-refractivity contribution is 8.03. The summed E-state index contributed by atoms with van der Waals surface area (Å²) in [4.78, 5) is 5.63. The molecule has 0 radical (unpaired) electrons. The predicted molar refractivity (Wildman–Crippen MR) is 72.6 cm³/mol. The van der Waals surface area contributed by atoms with Gasteiger partial charge in [0.1, 0.15) is 5.84 Å². The highest BCUT2D eigenvalue weighted by atomic mass is 32.2. The number of allylic oxidation sites excluding steroid dienone is 2. The van der Waals surface area contributed by atoms with Crippen LogP contribution in [0.25, 0.3) is 0 Å². The zero-order chi connectivity index (χ0) is 12.0. The molecule has 1 heterocycles. The SMILES string of the molecule is C=NN(CC)C1=NC(C)=C(SCC)C#CC1. The summed E-state index contributed by atoms with van der Waals surface area (Å²) in [7, 11) is 0. The highest BCUT2D eigenvalue weighted by Gasteiger charge is 2.10. The van der Waals surface area contributed by atoms with E-state index in [9.17, 15) is 0 Å². The molecule has 0 unspecified atom stereocenters. The topological polar surface area (TPSA) is 28.0 Å². The van der Waals surface area contributed by atoms with Crippen LogP contribution in [0, 0.1) is 11.8 Å². The lowest BCUT2D eigenvalue weighted by atomic mass is 10.4. The maximum Gasteiger partial charge on any atom is 0.137 e. The van der Waals surface area contributed by atoms with Crippen LogP contribution in [0.15, 0.2) is 20.7 Å². The molecule has 0 amide bonds. The van der Waals surface area contributed by atoms with E-state index in [4.69, 9.17) is 0 Å². The first-order valence-corrected chi connectivity index (χ1v) is 6.35. The number of amidine groups is 1. The van der Waals surface area contributed by atoms with Gasteiger partial charge in [-0.15, -0.1) is 11.8 Å². The molecule has 16 heavy (non-hydrogen) atoms. The van der Waals surface area contributed by atoms with Crippen molar-refractivity contribution in [1.29, 1.82) is 0 Å². The molecular formula is C12H17N3S. The van der Waals surface area contributed by atoms with Gasteiger partial charge in [-0.1, -0.05) is 18.8 Å². The zero-order valence-corrected chi connectivity index (χ0v) is 10.9. The largest absolute Gasteiger partial charge is 0.252 e. The van der Waals surface area contributed by atoms with Crippen molar-refractivity contribution < 1.29 is 0 Å². The third-order valence-corrected chi connectivity index (χ3v) is 3.11. The Kier molecular flexibility index (Phi) is 5.13. The first-order valence-electron chi connectivity index (χ1n) is 5.37. The van der Waals surface area contributed by atoms with E-state index in [1.807, 2.05) is 13.8 Å². The fourth-order valence-electron chi connectivity index (χ4n) is 1.38. The quantitative estimate of drug-likeness (QED) is 0.426. The lowest BCUT2D eigenvalue weighted by molar-refractivity contribution is 0.468. The molecule has 0 bridgehead atoms. The van der Waals surface area contributed by atoms with Crippen LogP contribution >= 0.6 is 11.8 Å². The first kappa shape index (κ1) is 12.9. The van der Waals surface area contributed by atoms with Crippen molar-refractivity contribution >= 4 is 24.3 Å². The van der Waals surface area contributed by atoms with Crippen molar-refractivity contribution in [3.8, 4) is 11.8 Å². The van der Waals surface area contributed by atoms with Gasteiger partial charge >= 0.3 is 0 Å². The second-order valence-electron chi connectivity index (χ2n) is 3.21. The minimum atomic E-state index is 0.637. The van der Waals surface area contributed by atoms with Crippen LogP contribution in [0.3, 0.4) is 0 Å². The Morgan fingerprint density at radius 3 is 2.88 bits per heavy atom. The van der Waals surface area contributed by atoms with E-state index in [2.05, 4.69) is 35.6 Å².